The van der Waals surface area contributed by atoms with Crippen molar-refractivity contribution < 1.29 is 4.74 Å². The SMILES string of the molecule is CC(C)C(C)OC(CN)c1cccs1. The molecular weight excluding hydrogens is 194 g/mol. The second-order valence-electron chi connectivity index (χ2n) is 3.82. The lowest BCUT2D eigenvalue weighted by Gasteiger charge is -2.22. The van der Waals surface area contributed by atoms with Crippen molar-refractivity contribution in [2.75, 3.05) is 6.54 Å². The average Bonchev–Trinajstić information content (AvgIpc) is 2.66. The highest BCUT2D eigenvalue weighted by molar-refractivity contribution is 7.10. The Morgan fingerprint density at radius 1 is 1.43 bits per heavy atom. The molecule has 2 unspecified atom stereocenters. The first-order chi connectivity index (χ1) is 6.65. The third-order valence-electron chi connectivity index (χ3n) is 2.39. The molecule has 0 amide bonds. The molecule has 3 heteroatoms. The molecule has 0 saturated heterocycles. The second-order valence-corrected chi connectivity index (χ2v) is 4.80. The van der Waals surface area contributed by atoms with E-state index < -0.39 is 0 Å². The first kappa shape index (κ1) is 11.7. The van der Waals surface area contributed by atoms with Crippen molar-refractivity contribution >= 4 is 11.3 Å². The monoisotopic (exact) mass is 213 g/mol. The molecule has 1 aromatic heterocycles. The zero-order valence-electron chi connectivity index (χ0n) is 9.07. The van der Waals surface area contributed by atoms with E-state index in [1.807, 2.05) is 6.07 Å². The molecule has 1 heterocycles. The second kappa shape index (κ2) is 5.49. The summed E-state index contributed by atoms with van der Waals surface area (Å²) in [5, 5.41) is 2.06. The van der Waals surface area contributed by atoms with Crippen molar-refractivity contribution in [3.05, 3.63) is 22.4 Å². The Labute approximate surface area is 90.1 Å². The summed E-state index contributed by atoms with van der Waals surface area (Å²) in [5.74, 6) is 0.531. The molecule has 2 N–H and O–H groups in total. The quantitative estimate of drug-likeness (QED) is 0.816. The van der Waals surface area contributed by atoms with Crippen LogP contribution in [0, 0.1) is 5.92 Å². The lowest BCUT2D eigenvalue weighted by atomic mass is 10.1. The van der Waals surface area contributed by atoms with Gasteiger partial charge in [-0.15, -0.1) is 11.3 Å². The van der Waals surface area contributed by atoms with Gasteiger partial charge in [0.25, 0.3) is 0 Å². The first-order valence-corrected chi connectivity index (χ1v) is 5.92. The highest BCUT2D eigenvalue weighted by Gasteiger charge is 2.16. The molecule has 0 radical (unpaired) electrons. The van der Waals surface area contributed by atoms with E-state index >= 15 is 0 Å². The van der Waals surface area contributed by atoms with Crippen LogP contribution in [0.15, 0.2) is 17.5 Å². The Hall–Kier alpha value is -0.380. The van der Waals surface area contributed by atoms with Gasteiger partial charge in [0.1, 0.15) is 6.10 Å². The molecule has 1 rings (SSSR count). The number of hydrogen-bond donors (Lipinski definition) is 1. The number of nitrogens with two attached hydrogens (primary N) is 1. The maximum atomic E-state index is 5.89. The largest absolute Gasteiger partial charge is 0.368 e. The van der Waals surface area contributed by atoms with E-state index in [9.17, 15) is 0 Å². The summed E-state index contributed by atoms with van der Waals surface area (Å²) in [5.41, 5.74) is 5.69. The fourth-order valence-electron chi connectivity index (χ4n) is 1.13. The molecule has 0 aliphatic rings. The molecule has 14 heavy (non-hydrogen) atoms. The molecule has 0 saturated carbocycles. The summed E-state index contributed by atoms with van der Waals surface area (Å²) in [6.45, 7) is 6.97. The van der Waals surface area contributed by atoms with Crippen LogP contribution in [-0.2, 0) is 4.74 Å². The van der Waals surface area contributed by atoms with Gasteiger partial charge in [-0.1, -0.05) is 19.9 Å². The number of thiophene rings is 1. The van der Waals surface area contributed by atoms with Gasteiger partial charge in [0, 0.05) is 11.4 Å². The van der Waals surface area contributed by atoms with Gasteiger partial charge in [0.2, 0.25) is 0 Å². The van der Waals surface area contributed by atoms with Crippen molar-refractivity contribution in [2.45, 2.75) is 33.0 Å². The lowest BCUT2D eigenvalue weighted by molar-refractivity contribution is -0.0203. The van der Waals surface area contributed by atoms with Crippen molar-refractivity contribution in [3.8, 4) is 0 Å². The van der Waals surface area contributed by atoms with Gasteiger partial charge >= 0.3 is 0 Å². The van der Waals surface area contributed by atoms with E-state index in [4.69, 9.17) is 10.5 Å². The molecule has 0 fully saturated rings. The lowest BCUT2D eigenvalue weighted by Crippen LogP contribution is -2.23. The Balaban J connectivity index is 2.56. The van der Waals surface area contributed by atoms with Gasteiger partial charge in [-0.2, -0.15) is 0 Å². The van der Waals surface area contributed by atoms with E-state index in [0.717, 1.165) is 0 Å². The highest BCUT2D eigenvalue weighted by atomic mass is 32.1. The number of ether oxygens (including phenoxy) is 1. The summed E-state index contributed by atoms with van der Waals surface area (Å²) < 4.78 is 5.89. The Morgan fingerprint density at radius 2 is 2.14 bits per heavy atom. The fourth-order valence-corrected chi connectivity index (χ4v) is 1.90. The molecular formula is C11H19NOS. The van der Waals surface area contributed by atoms with Crippen molar-refractivity contribution in [1.82, 2.24) is 0 Å². The smallest absolute Gasteiger partial charge is 0.104 e. The average molecular weight is 213 g/mol. The van der Waals surface area contributed by atoms with Gasteiger partial charge in [-0.25, -0.2) is 0 Å². The summed E-state index contributed by atoms with van der Waals surface area (Å²) in [7, 11) is 0. The normalized spacial score (nSPS) is 15.8. The fraction of sp³-hybridized carbons (Fsp3) is 0.636. The molecule has 0 aliphatic heterocycles. The van der Waals surface area contributed by atoms with E-state index in [-0.39, 0.29) is 12.2 Å². The molecule has 2 nitrogen and oxygen atoms in total. The van der Waals surface area contributed by atoms with Crippen LogP contribution in [0.5, 0.6) is 0 Å². The van der Waals surface area contributed by atoms with Crippen LogP contribution < -0.4 is 5.73 Å². The maximum Gasteiger partial charge on any atom is 0.104 e. The van der Waals surface area contributed by atoms with Crippen molar-refractivity contribution in [1.29, 1.82) is 0 Å². The van der Waals surface area contributed by atoms with E-state index in [2.05, 4.69) is 32.2 Å². The van der Waals surface area contributed by atoms with E-state index in [1.165, 1.54) is 4.88 Å². The zero-order chi connectivity index (χ0) is 10.6. The van der Waals surface area contributed by atoms with Crippen molar-refractivity contribution in [3.63, 3.8) is 0 Å². The third kappa shape index (κ3) is 3.08. The van der Waals surface area contributed by atoms with Gasteiger partial charge < -0.3 is 10.5 Å². The standard InChI is InChI=1S/C11H19NOS/c1-8(2)9(3)13-10(7-12)11-5-4-6-14-11/h4-6,8-10H,7,12H2,1-3H3. The molecule has 1 aromatic rings. The predicted octanol–water partition coefficient (Wildman–Crippen LogP) is 2.81. The van der Waals surface area contributed by atoms with Crippen LogP contribution in [0.4, 0.5) is 0 Å². The van der Waals surface area contributed by atoms with Gasteiger partial charge in [0.15, 0.2) is 0 Å². The van der Waals surface area contributed by atoms with Crippen LogP contribution in [0.1, 0.15) is 31.8 Å². The van der Waals surface area contributed by atoms with Crippen LogP contribution in [-0.4, -0.2) is 12.6 Å². The van der Waals surface area contributed by atoms with Crippen LogP contribution >= 0.6 is 11.3 Å². The molecule has 80 valence electrons. The Bertz CT molecular complexity index is 246. The first-order valence-electron chi connectivity index (χ1n) is 5.04. The van der Waals surface area contributed by atoms with E-state index in [0.29, 0.717) is 12.5 Å². The van der Waals surface area contributed by atoms with Crippen LogP contribution in [0.3, 0.4) is 0 Å². The summed E-state index contributed by atoms with van der Waals surface area (Å²) in [6, 6.07) is 4.11. The predicted molar refractivity (Wildman–Crippen MR) is 61.5 cm³/mol. The van der Waals surface area contributed by atoms with Gasteiger partial charge in [0.05, 0.1) is 6.10 Å². The summed E-state index contributed by atoms with van der Waals surface area (Å²) >= 11 is 1.70. The minimum absolute atomic E-state index is 0.0624. The molecule has 0 aliphatic carbocycles. The van der Waals surface area contributed by atoms with Crippen LogP contribution in [0.2, 0.25) is 0 Å². The Kier molecular flexibility index (Phi) is 4.58. The number of rotatable bonds is 5. The summed E-state index contributed by atoms with van der Waals surface area (Å²) in [4.78, 5) is 1.22. The summed E-state index contributed by atoms with van der Waals surface area (Å²) in [6.07, 6.45) is 0.318. The maximum absolute atomic E-state index is 5.89. The minimum Gasteiger partial charge on any atom is -0.368 e. The van der Waals surface area contributed by atoms with Crippen molar-refractivity contribution in [2.24, 2.45) is 11.7 Å². The molecule has 2 atom stereocenters. The molecule has 0 bridgehead atoms. The van der Waals surface area contributed by atoms with E-state index in [1.54, 1.807) is 11.3 Å². The topological polar surface area (TPSA) is 35.2 Å². The number of hydrogen-bond acceptors (Lipinski definition) is 3. The van der Waals surface area contributed by atoms with Gasteiger partial charge in [-0.05, 0) is 24.3 Å². The van der Waals surface area contributed by atoms with Gasteiger partial charge in [-0.3, -0.25) is 0 Å². The van der Waals surface area contributed by atoms with Crippen LogP contribution in [0.25, 0.3) is 0 Å². The molecule has 0 aromatic carbocycles. The third-order valence-corrected chi connectivity index (χ3v) is 3.36. The highest BCUT2D eigenvalue weighted by Crippen LogP contribution is 2.24. The minimum atomic E-state index is 0.0624. The zero-order valence-corrected chi connectivity index (χ0v) is 9.88. The Morgan fingerprint density at radius 3 is 2.57 bits per heavy atom. The molecule has 0 spiro atoms.